The zero-order valence-corrected chi connectivity index (χ0v) is 10.9. The van der Waals surface area contributed by atoms with Crippen LogP contribution in [-0.2, 0) is 0 Å². The second-order valence-corrected chi connectivity index (χ2v) is 5.36. The highest BCUT2D eigenvalue weighted by Crippen LogP contribution is 2.24. The number of likely N-dealkylation sites (tertiary alicyclic amines) is 1. The van der Waals surface area contributed by atoms with Crippen molar-refractivity contribution in [2.75, 3.05) is 20.1 Å². The largest absolute Gasteiger partial charge is 0.327 e. The summed E-state index contributed by atoms with van der Waals surface area (Å²) in [4.78, 5) is 11.4. The van der Waals surface area contributed by atoms with Crippen LogP contribution in [0.25, 0.3) is 5.78 Å². The summed E-state index contributed by atoms with van der Waals surface area (Å²) in [5.41, 5.74) is 8.18. The Morgan fingerprint density at radius 3 is 2.94 bits per heavy atom. The van der Waals surface area contributed by atoms with Gasteiger partial charge in [-0.05, 0) is 26.5 Å². The molecule has 5 nitrogen and oxygen atoms in total. The van der Waals surface area contributed by atoms with E-state index in [0.29, 0.717) is 5.92 Å². The highest BCUT2D eigenvalue weighted by Gasteiger charge is 2.25. The van der Waals surface area contributed by atoms with Gasteiger partial charge in [-0.25, -0.2) is 9.97 Å². The summed E-state index contributed by atoms with van der Waals surface area (Å²) >= 11 is 0. The number of imidazole rings is 1. The van der Waals surface area contributed by atoms with Crippen molar-refractivity contribution < 1.29 is 0 Å². The van der Waals surface area contributed by atoms with Crippen molar-refractivity contribution in [3.8, 4) is 0 Å². The molecule has 1 aliphatic rings. The molecule has 0 aliphatic carbocycles. The van der Waals surface area contributed by atoms with Gasteiger partial charge in [0.15, 0.2) is 0 Å². The van der Waals surface area contributed by atoms with Crippen molar-refractivity contribution in [3.63, 3.8) is 0 Å². The maximum atomic E-state index is 6.08. The van der Waals surface area contributed by atoms with E-state index in [4.69, 9.17) is 5.73 Å². The fourth-order valence-electron chi connectivity index (χ4n) is 2.81. The Morgan fingerprint density at radius 1 is 1.33 bits per heavy atom. The zero-order valence-electron chi connectivity index (χ0n) is 10.9. The van der Waals surface area contributed by atoms with Crippen LogP contribution < -0.4 is 5.73 Å². The third-order valence-corrected chi connectivity index (χ3v) is 3.55. The summed E-state index contributed by atoms with van der Waals surface area (Å²) in [6.45, 7) is 3.98. The van der Waals surface area contributed by atoms with Gasteiger partial charge in [0.2, 0.25) is 5.78 Å². The maximum absolute atomic E-state index is 6.08. The minimum atomic E-state index is 0.244. The number of likely N-dealkylation sites (N-methyl/N-ethyl adjacent to an activating group) is 1. The first kappa shape index (κ1) is 11.6. The van der Waals surface area contributed by atoms with Gasteiger partial charge < -0.3 is 10.6 Å². The van der Waals surface area contributed by atoms with Crippen LogP contribution in [0.15, 0.2) is 18.5 Å². The van der Waals surface area contributed by atoms with E-state index in [9.17, 15) is 0 Å². The van der Waals surface area contributed by atoms with Crippen LogP contribution in [0.2, 0.25) is 0 Å². The first-order chi connectivity index (χ1) is 8.61. The van der Waals surface area contributed by atoms with Crippen LogP contribution in [0, 0.1) is 6.92 Å². The molecule has 2 aromatic heterocycles. The molecular weight excluding hydrogens is 226 g/mol. The fraction of sp³-hybridized carbons (Fsp3) is 0.538. The highest BCUT2D eigenvalue weighted by molar-refractivity contribution is 5.32. The molecule has 0 bridgehead atoms. The number of piperidine rings is 1. The van der Waals surface area contributed by atoms with Gasteiger partial charge in [0, 0.05) is 37.4 Å². The Kier molecular flexibility index (Phi) is 2.80. The lowest BCUT2D eigenvalue weighted by Crippen LogP contribution is -2.44. The lowest BCUT2D eigenvalue weighted by molar-refractivity contribution is 0.225. The number of aromatic nitrogens is 3. The third-order valence-electron chi connectivity index (χ3n) is 3.55. The predicted octanol–water partition coefficient (Wildman–Crippen LogP) is 0.784. The summed E-state index contributed by atoms with van der Waals surface area (Å²) in [5, 5.41) is 0. The zero-order chi connectivity index (χ0) is 12.7. The van der Waals surface area contributed by atoms with Crippen LogP contribution in [0.4, 0.5) is 0 Å². The number of rotatable bonds is 1. The standard InChI is InChI=1S/C13H19N5/c1-9-6-18-4-3-12(16-13(18)15-9)10-5-11(14)8-17(2)7-10/h3-4,6,10-11H,5,7-8,14H2,1-2H3. The molecule has 18 heavy (non-hydrogen) atoms. The molecule has 1 fully saturated rings. The number of hydrogen-bond acceptors (Lipinski definition) is 4. The molecule has 1 aliphatic heterocycles. The van der Waals surface area contributed by atoms with Crippen molar-refractivity contribution in [3.05, 3.63) is 29.8 Å². The molecule has 1 saturated heterocycles. The lowest BCUT2D eigenvalue weighted by Gasteiger charge is -2.33. The van der Waals surface area contributed by atoms with Crippen molar-refractivity contribution in [2.45, 2.75) is 25.3 Å². The molecule has 96 valence electrons. The molecule has 5 heteroatoms. The summed E-state index contributed by atoms with van der Waals surface area (Å²) in [6, 6.07) is 2.33. The second-order valence-electron chi connectivity index (χ2n) is 5.36. The maximum Gasteiger partial charge on any atom is 0.234 e. The number of fused-ring (bicyclic) bond motifs is 1. The van der Waals surface area contributed by atoms with Crippen LogP contribution >= 0.6 is 0 Å². The molecule has 0 spiro atoms. The molecule has 0 saturated carbocycles. The smallest absolute Gasteiger partial charge is 0.234 e. The number of aryl methyl sites for hydroxylation is 1. The Balaban J connectivity index is 1.93. The Morgan fingerprint density at radius 2 is 2.17 bits per heavy atom. The molecule has 0 aromatic carbocycles. The van der Waals surface area contributed by atoms with Crippen LogP contribution in [-0.4, -0.2) is 45.4 Å². The summed E-state index contributed by atoms with van der Waals surface area (Å²) in [6.07, 6.45) is 5.04. The first-order valence-corrected chi connectivity index (χ1v) is 6.38. The van der Waals surface area contributed by atoms with Gasteiger partial charge in [0.05, 0.1) is 11.4 Å². The Bertz CT molecular complexity index is 552. The summed E-state index contributed by atoms with van der Waals surface area (Å²) in [5.74, 6) is 1.20. The van der Waals surface area contributed by atoms with Crippen LogP contribution in [0.1, 0.15) is 23.7 Å². The van der Waals surface area contributed by atoms with E-state index in [1.807, 2.05) is 23.7 Å². The van der Waals surface area contributed by atoms with Gasteiger partial charge in [-0.1, -0.05) is 0 Å². The molecule has 2 N–H and O–H groups in total. The monoisotopic (exact) mass is 245 g/mol. The fourth-order valence-corrected chi connectivity index (χ4v) is 2.81. The summed E-state index contributed by atoms with van der Waals surface area (Å²) < 4.78 is 1.96. The topological polar surface area (TPSA) is 59.5 Å². The van der Waals surface area contributed by atoms with Gasteiger partial charge >= 0.3 is 0 Å². The van der Waals surface area contributed by atoms with E-state index < -0.39 is 0 Å². The van der Waals surface area contributed by atoms with E-state index in [2.05, 4.69) is 28.0 Å². The van der Waals surface area contributed by atoms with Gasteiger partial charge in [-0.2, -0.15) is 0 Å². The first-order valence-electron chi connectivity index (χ1n) is 6.38. The molecule has 3 heterocycles. The van der Waals surface area contributed by atoms with Gasteiger partial charge in [0.25, 0.3) is 0 Å². The SMILES string of the molecule is Cc1cn2ccc(C3CC(N)CN(C)C3)nc2n1. The van der Waals surface area contributed by atoms with E-state index in [0.717, 1.165) is 36.7 Å². The van der Waals surface area contributed by atoms with E-state index in [-0.39, 0.29) is 6.04 Å². The van der Waals surface area contributed by atoms with Crippen molar-refractivity contribution in [1.82, 2.24) is 19.3 Å². The van der Waals surface area contributed by atoms with Gasteiger partial charge in [-0.15, -0.1) is 0 Å². The number of hydrogen-bond donors (Lipinski definition) is 1. The molecule has 2 unspecified atom stereocenters. The average Bonchev–Trinajstić information content (AvgIpc) is 2.66. The molecule has 0 amide bonds. The average molecular weight is 245 g/mol. The lowest BCUT2D eigenvalue weighted by atomic mass is 9.92. The van der Waals surface area contributed by atoms with Gasteiger partial charge in [0.1, 0.15) is 0 Å². The van der Waals surface area contributed by atoms with Gasteiger partial charge in [-0.3, -0.25) is 4.40 Å². The van der Waals surface area contributed by atoms with Crippen molar-refractivity contribution in [2.24, 2.45) is 5.73 Å². The van der Waals surface area contributed by atoms with Crippen molar-refractivity contribution in [1.29, 1.82) is 0 Å². The van der Waals surface area contributed by atoms with Crippen LogP contribution in [0.3, 0.4) is 0 Å². The molecule has 0 radical (unpaired) electrons. The van der Waals surface area contributed by atoms with E-state index in [1.165, 1.54) is 0 Å². The van der Waals surface area contributed by atoms with E-state index >= 15 is 0 Å². The third kappa shape index (κ3) is 2.11. The summed E-state index contributed by atoms with van der Waals surface area (Å²) in [7, 11) is 2.12. The number of nitrogens with zero attached hydrogens (tertiary/aromatic N) is 4. The van der Waals surface area contributed by atoms with Crippen LogP contribution in [0.5, 0.6) is 0 Å². The van der Waals surface area contributed by atoms with Crippen molar-refractivity contribution >= 4 is 5.78 Å². The minimum absolute atomic E-state index is 0.244. The quantitative estimate of drug-likeness (QED) is 0.806. The molecular formula is C13H19N5. The highest BCUT2D eigenvalue weighted by atomic mass is 15.1. The second kappa shape index (κ2) is 4.33. The Labute approximate surface area is 107 Å². The Hall–Kier alpha value is -1.46. The molecule has 3 rings (SSSR count). The molecule has 2 atom stereocenters. The number of nitrogens with two attached hydrogens (primary N) is 1. The predicted molar refractivity (Wildman–Crippen MR) is 70.6 cm³/mol. The molecule has 2 aromatic rings. The normalized spacial score (nSPS) is 25.7. The minimum Gasteiger partial charge on any atom is -0.327 e. The van der Waals surface area contributed by atoms with E-state index in [1.54, 1.807) is 0 Å².